The second kappa shape index (κ2) is 6.39. The van der Waals surface area contributed by atoms with Crippen LogP contribution >= 0.6 is 0 Å². The van der Waals surface area contributed by atoms with E-state index in [1.807, 2.05) is 13.8 Å². The van der Waals surface area contributed by atoms with Gasteiger partial charge in [0.05, 0.1) is 4.92 Å². The van der Waals surface area contributed by atoms with Crippen molar-refractivity contribution < 1.29 is 19.2 Å². The van der Waals surface area contributed by atoms with Gasteiger partial charge in [-0.15, -0.1) is 0 Å². The van der Waals surface area contributed by atoms with Gasteiger partial charge in [0.2, 0.25) is 0 Å². The number of allylic oxidation sites excluding steroid dienone is 1. The van der Waals surface area contributed by atoms with Gasteiger partial charge in [-0.3, -0.25) is 10.1 Å². The fourth-order valence-electron chi connectivity index (χ4n) is 1.04. The first kappa shape index (κ1) is 13.7. The molecule has 0 N–H and O–H groups in total. The lowest BCUT2D eigenvalue weighted by molar-refractivity contribution is -0.384. The number of ether oxygens (including phenoxy) is 2. The van der Waals surface area contributed by atoms with Crippen LogP contribution in [-0.4, -0.2) is 17.7 Å². The van der Waals surface area contributed by atoms with E-state index in [2.05, 4.69) is 0 Å². The smallest absolute Gasteiger partial charge is 0.430 e. The molecular weight excluding hydrogens is 238 g/mol. The number of hydrogen-bond donors (Lipinski definition) is 0. The van der Waals surface area contributed by atoms with Gasteiger partial charge in [0.1, 0.15) is 12.4 Å². The predicted molar refractivity (Wildman–Crippen MR) is 64.5 cm³/mol. The summed E-state index contributed by atoms with van der Waals surface area (Å²) in [5.41, 5.74) is 0.957. The topological polar surface area (TPSA) is 78.7 Å². The van der Waals surface area contributed by atoms with Crippen molar-refractivity contribution in [2.24, 2.45) is 0 Å². The van der Waals surface area contributed by atoms with Crippen LogP contribution in [0.1, 0.15) is 13.8 Å². The van der Waals surface area contributed by atoms with Crippen LogP contribution in [0.15, 0.2) is 35.9 Å². The molecule has 0 atom stereocenters. The van der Waals surface area contributed by atoms with Crippen molar-refractivity contribution in [3.05, 3.63) is 46.0 Å². The number of nitro groups is 1. The molecule has 6 heteroatoms. The molecule has 0 bridgehead atoms. The van der Waals surface area contributed by atoms with E-state index in [1.165, 1.54) is 24.3 Å². The minimum Gasteiger partial charge on any atom is -0.430 e. The van der Waals surface area contributed by atoms with E-state index in [0.717, 1.165) is 5.57 Å². The number of benzene rings is 1. The molecule has 1 aromatic carbocycles. The molecule has 0 saturated heterocycles. The highest BCUT2D eigenvalue weighted by Gasteiger charge is 2.08. The summed E-state index contributed by atoms with van der Waals surface area (Å²) in [6.07, 6.45) is 0.887. The first-order valence-corrected chi connectivity index (χ1v) is 5.21. The number of hydrogen-bond acceptors (Lipinski definition) is 5. The predicted octanol–water partition coefficient (Wildman–Crippen LogP) is 3.08. The first-order valence-electron chi connectivity index (χ1n) is 5.21. The summed E-state index contributed by atoms with van der Waals surface area (Å²) in [6, 6.07) is 5.16. The molecule has 6 nitrogen and oxygen atoms in total. The Bertz CT molecular complexity index is 460. The Morgan fingerprint density at radius 1 is 1.33 bits per heavy atom. The zero-order chi connectivity index (χ0) is 13.5. The van der Waals surface area contributed by atoms with Gasteiger partial charge < -0.3 is 9.47 Å². The molecule has 0 saturated carbocycles. The number of carbonyl (C=O) groups is 1. The van der Waals surface area contributed by atoms with Crippen molar-refractivity contribution in [1.82, 2.24) is 0 Å². The maximum absolute atomic E-state index is 11.2. The summed E-state index contributed by atoms with van der Waals surface area (Å²) in [4.78, 5) is 21.1. The van der Waals surface area contributed by atoms with E-state index in [9.17, 15) is 14.9 Å². The maximum atomic E-state index is 11.2. The summed E-state index contributed by atoms with van der Waals surface area (Å²) >= 11 is 0. The van der Waals surface area contributed by atoms with Crippen LogP contribution in [-0.2, 0) is 4.74 Å². The van der Waals surface area contributed by atoms with Crippen molar-refractivity contribution >= 4 is 11.8 Å². The standard InChI is InChI=1S/C12H13NO5/c1-9(2)7-8-17-12(14)18-11-5-3-10(4-6-11)13(15)16/h3-7H,8H2,1-2H3. The molecular formula is C12H13NO5. The van der Waals surface area contributed by atoms with E-state index in [1.54, 1.807) is 6.08 Å². The first-order chi connectivity index (χ1) is 8.49. The summed E-state index contributed by atoms with van der Waals surface area (Å²) in [7, 11) is 0. The van der Waals surface area contributed by atoms with E-state index >= 15 is 0 Å². The molecule has 18 heavy (non-hydrogen) atoms. The second-order valence-corrected chi connectivity index (χ2v) is 3.70. The molecule has 0 aromatic heterocycles. The Labute approximate surface area is 104 Å². The van der Waals surface area contributed by atoms with Gasteiger partial charge >= 0.3 is 6.16 Å². The number of carbonyl (C=O) groups excluding carboxylic acids is 1. The Morgan fingerprint density at radius 2 is 1.94 bits per heavy atom. The van der Waals surface area contributed by atoms with Crippen molar-refractivity contribution in [3.8, 4) is 5.75 Å². The number of rotatable bonds is 4. The maximum Gasteiger partial charge on any atom is 0.514 e. The monoisotopic (exact) mass is 251 g/mol. The SMILES string of the molecule is CC(C)=CCOC(=O)Oc1ccc([N+](=O)[O-])cc1. The highest BCUT2D eigenvalue weighted by atomic mass is 16.7. The highest BCUT2D eigenvalue weighted by Crippen LogP contribution is 2.17. The van der Waals surface area contributed by atoms with Gasteiger partial charge in [-0.25, -0.2) is 4.79 Å². The molecule has 96 valence electrons. The van der Waals surface area contributed by atoms with Gasteiger partial charge in [0.15, 0.2) is 0 Å². The average molecular weight is 251 g/mol. The molecule has 0 fully saturated rings. The van der Waals surface area contributed by atoms with E-state index in [0.29, 0.717) is 0 Å². The van der Waals surface area contributed by atoms with Crippen molar-refractivity contribution in [2.45, 2.75) is 13.8 Å². The lowest BCUT2D eigenvalue weighted by Gasteiger charge is -2.03. The van der Waals surface area contributed by atoms with Crippen LogP contribution in [0.4, 0.5) is 10.5 Å². The van der Waals surface area contributed by atoms with E-state index in [4.69, 9.17) is 9.47 Å². The zero-order valence-corrected chi connectivity index (χ0v) is 10.1. The Morgan fingerprint density at radius 3 is 2.44 bits per heavy atom. The lowest BCUT2D eigenvalue weighted by atomic mass is 10.3. The lowest BCUT2D eigenvalue weighted by Crippen LogP contribution is -2.10. The third-order valence-electron chi connectivity index (χ3n) is 1.94. The normalized spacial score (nSPS) is 9.44. The molecule has 0 unspecified atom stereocenters. The van der Waals surface area contributed by atoms with Crippen LogP contribution in [0.2, 0.25) is 0 Å². The third kappa shape index (κ3) is 4.65. The number of non-ortho nitro benzene ring substituents is 1. The minimum atomic E-state index is -0.846. The van der Waals surface area contributed by atoms with Gasteiger partial charge in [0, 0.05) is 12.1 Å². The molecule has 0 aliphatic carbocycles. The summed E-state index contributed by atoms with van der Waals surface area (Å²) < 4.78 is 9.58. The molecule has 0 spiro atoms. The largest absolute Gasteiger partial charge is 0.514 e. The quantitative estimate of drug-likeness (QED) is 0.270. The van der Waals surface area contributed by atoms with Crippen LogP contribution in [0.25, 0.3) is 0 Å². The average Bonchev–Trinajstić information content (AvgIpc) is 2.29. The van der Waals surface area contributed by atoms with Crippen molar-refractivity contribution in [1.29, 1.82) is 0 Å². The summed E-state index contributed by atoms with van der Waals surface area (Å²) in [5.74, 6) is 0.197. The van der Waals surface area contributed by atoms with E-state index in [-0.39, 0.29) is 18.0 Å². The van der Waals surface area contributed by atoms with Crippen molar-refractivity contribution in [2.75, 3.05) is 6.61 Å². The van der Waals surface area contributed by atoms with Crippen LogP contribution in [0.3, 0.4) is 0 Å². The fraction of sp³-hybridized carbons (Fsp3) is 0.250. The summed E-state index contributed by atoms with van der Waals surface area (Å²) in [6.45, 7) is 3.89. The highest BCUT2D eigenvalue weighted by molar-refractivity contribution is 5.64. The Hall–Kier alpha value is -2.37. The fourth-order valence-corrected chi connectivity index (χ4v) is 1.04. The van der Waals surface area contributed by atoms with Gasteiger partial charge in [-0.2, -0.15) is 0 Å². The Kier molecular flexibility index (Phi) is 4.86. The van der Waals surface area contributed by atoms with Crippen LogP contribution in [0.5, 0.6) is 5.75 Å². The third-order valence-corrected chi connectivity index (χ3v) is 1.94. The molecule has 0 aliphatic rings. The summed E-state index contributed by atoms with van der Waals surface area (Å²) in [5, 5.41) is 10.4. The molecule has 1 rings (SSSR count). The molecule has 1 aromatic rings. The van der Waals surface area contributed by atoms with Crippen LogP contribution in [0, 0.1) is 10.1 Å². The number of nitrogens with zero attached hydrogens (tertiary/aromatic N) is 1. The molecule has 0 radical (unpaired) electrons. The van der Waals surface area contributed by atoms with E-state index < -0.39 is 11.1 Å². The minimum absolute atomic E-state index is 0.0692. The number of nitro benzene ring substituents is 1. The second-order valence-electron chi connectivity index (χ2n) is 3.70. The van der Waals surface area contributed by atoms with Crippen molar-refractivity contribution in [3.63, 3.8) is 0 Å². The molecule has 0 heterocycles. The van der Waals surface area contributed by atoms with Gasteiger partial charge in [0.25, 0.3) is 5.69 Å². The zero-order valence-electron chi connectivity index (χ0n) is 10.1. The molecule has 0 amide bonds. The van der Waals surface area contributed by atoms with Gasteiger partial charge in [-0.05, 0) is 32.1 Å². The van der Waals surface area contributed by atoms with Gasteiger partial charge in [-0.1, -0.05) is 5.57 Å². The Balaban J connectivity index is 2.49. The molecule has 0 aliphatic heterocycles. The van der Waals surface area contributed by atoms with Crippen LogP contribution < -0.4 is 4.74 Å².